The van der Waals surface area contributed by atoms with Crippen LogP contribution in [0.1, 0.15) is 57.1 Å². The van der Waals surface area contributed by atoms with E-state index in [0.717, 1.165) is 25.0 Å². The Morgan fingerprint density at radius 2 is 1.88 bits per heavy atom. The first-order valence-electron chi connectivity index (χ1n) is 9.78. The van der Waals surface area contributed by atoms with Gasteiger partial charge in [0.1, 0.15) is 0 Å². The summed E-state index contributed by atoms with van der Waals surface area (Å²) in [5.74, 6) is 0.725. The van der Waals surface area contributed by atoms with Gasteiger partial charge in [-0.1, -0.05) is 24.6 Å². The summed E-state index contributed by atoms with van der Waals surface area (Å²) in [7, 11) is 0. The van der Waals surface area contributed by atoms with E-state index in [9.17, 15) is 0 Å². The van der Waals surface area contributed by atoms with Gasteiger partial charge in [-0.2, -0.15) is 0 Å². The lowest BCUT2D eigenvalue weighted by Gasteiger charge is -2.39. The minimum absolute atomic E-state index is 0.524. The molecule has 0 radical (unpaired) electrons. The van der Waals surface area contributed by atoms with Crippen molar-refractivity contribution in [2.24, 2.45) is 0 Å². The number of hydrogen-bond donors (Lipinski definition) is 1. The molecule has 3 nitrogen and oxygen atoms in total. The van der Waals surface area contributed by atoms with Crippen LogP contribution in [0.15, 0.2) is 30.5 Å². The lowest BCUT2D eigenvalue weighted by atomic mass is 9.80. The van der Waals surface area contributed by atoms with Gasteiger partial charge >= 0.3 is 0 Å². The first-order valence-corrected chi connectivity index (χ1v) is 9.78. The van der Waals surface area contributed by atoms with Crippen molar-refractivity contribution >= 4 is 10.9 Å². The molecule has 3 heteroatoms. The highest BCUT2D eigenvalue weighted by Gasteiger charge is 2.29. The van der Waals surface area contributed by atoms with Gasteiger partial charge in [0.25, 0.3) is 0 Å². The third-order valence-corrected chi connectivity index (χ3v) is 6.08. The summed E-state index contributed by atoms with van der Waals surface area (Å²) in [5.41, 5.74) is 3.01. The fourth-order valence-electron chi connectivity index (χ4n) is 4.81. The number of fused-ring (bicyclic) bond motifs is 1. The number of nitrogens with one attached hydrogen (secondary N) is 1. The second-order valence-corrected chi connectivity index (χ2v) is 7.91. The van der Waals surface area contributed by atoms with Crippen LogP contribution in [0.2, 0.25) is 0 Å². The second-order valence-electron chi connectivity index (χ2n) is 7.91. The Balaban J connectivity index is 1.62. The highest BCUT2D eigenvalue weighted by molar-refractivity contribution is 5.84. The third-order valence-electron chi connectivity index (χ3n) is 6.08. The smallest absolute Gasteiger partial charge is 0.0485 e. The fraction of sp³-hybridized carbons (Fsp3) is 0.619. The summed E-state index contributed by atoms with van der Waals surface area (Å²) >= 11 is 0. The summed E-state index contributed by atoms with van der Waals surface area (Å²) in [6.45, 7) is 9.36. The SMILES string of the molecule is CC(C)n1cc(C2CCCC(N3CCNCC3)C2)c2ccccc21. The molecule has 0 spiro atoms. The zero-order chi connectivity index (χ0) is 16.5. The number of nitrogens with zero attached hydrogens (tertiary/aromatic N) is 2. The highest BCUT2D eigenvalue weighted by Crippen LogP contribution is 2.39. The van der Waals surface area contributed by atoms with Crippen LogP contribution in [0.25, 0.3) is 10.9 Å². The summed E-state index contributed by atoms with van der Waals surface area (Å²) in [6, 6.07) is 10.3. The largest absolute Gasteiger partial charge is 0.345 e. The van der Waals surface area contributed by atoms with Crippen LogP contribution in [0, 0.1) is 0 Å². The summed E-state index contributed by atoms with van der Waals surface area (Å²) in [6.07, 6.45) is 7.92. The zero-order valence-corrected chi connectivity index (χ0v) is 15.2. The number of piperazine rings is 1. The van der Waals surface area contributed by atoms with Crippen LogP contribution < -0.4 is 5.32 Å². The van der Waals surface area contributed by atoms with Crippen molar-refractivity contribution in [1.82, 2.24) is 14.8 Å². The van der Waals surface area contributed by atoms with E-state index in [1.807, 2.05) is 0 Å². The van der Waals surface area contributed by atoms with E-state index in [2.05, 4.69) is 59.1 Å². The van der Waals surface area contributed by atoms with Crippen LogP contribution in [0.5, 0.6) is 0 Å². The molecule has 2 heterocycles. The van der Waals surface area contributed by atoms with Gasteiger partial charge in [0.2, 0.25) is 0 Å². The molecular formula is C21H31N3. The van der Waals surface area contributed by atoms with E-state index in [-0.39, 0.29) is 0 Å². The van der Waals surface area contributed by atoms with Crippen molar-refractivity contribution in [2.75, 3.05) is 26.2 Å². The van der Waals surface area contributed by atoms with E-state index >= 15 is 0 Å². The predicted octanol–water partition coefficient (Wildman–Crippen LogP) is 4.15. The van der Waals surface area contributed by atoms with Crippen LogP contribution >= 0.6 is 0 Å². The van der Waals surface area contributed by atoms with E-state index in [0.29, 0.717) is 6.04 Å². The molecule has 1 aliphatic heterocycles. The molecule has 0 bridgehead atoms. The molecule has 0 amide bonds. The number of hydrogen-bond acceptors (Lipinski definition) is 2. The molecule has 1 aromatic heterocycles. The van der Waals surface area contributed by atoms with Gasteiger partial charge in [0, 0.05) is 55.4 Å². The third kappa shape index (κ3) is 3.00. The van der Waals surface area contributed by atoms with E-state index in [4.69, 9.17) is 0 Å². The Bertz CT molecular complexity index is 681. The molecule has 2 unspecified atom stereocenters. The minimum atomic E-state index is 0.524. The summed E-state index contributed by atoms with van der Waals surface area (Å²) < 4.78 is 2.47. The van der Waals surface area contributed by atoms with Crippen LogP contribution in [0.4, 0.5) is 0 Å². The maximum Gasteiger partial charge on any atom is 0.0485 e. The average Bonchev–Trinajstić information content (AvgIpc) is 3.03. The Labute approximate surface area is 146 Å². The molecule has 2 aromatic rings. The number of rotatable bonds is 3. The standard InChI is InChI=1S/C21H31N3/c1-16(2)24-15-20(19-8-3-4-9-21(19)24)17-6-5-7-18(14-17)23-12-10-22-11-13-23/h3-4,8-9,15-18,22H,5-7,10-14H2,1-2H3. The molecule has 1 aromatic carbocycles. The van der Waals surface area contributed by atoms with Gasteiger partial charge < -0.3 is 9.88 Å². The molecule has 4 rings (SSSR count). The van der Waals surface area contributed by atoms with Gasteiger partial charge in [-0.05, 0) is 50.7 Å². The average molecular weight is 326 g/mol. The molecule has 130 valence electrons. The number of benzene rings is 1. The van der Waals surface area contributed by atoms with Gasteiger partial charge in [0.15, 0.2) is 0 Å². The molecule has 2 atom stereocenters. The normalized spacial score (nSPS) is 26.3. The second kappa shape index (κ2) is 6.89. The zero-order valence-electron chi connectivity index (χ0n) is 15.2. The van der Waals surface area contributed by atoms with E-state index < -0.39 is 0 Å². The number of aromatic nitrogens is 1. The van der Waals surface area contributed by atoms with Crippen LogP contribution in [-0.4, -0.2) is 41.7 Å². The lowest BCUT2D eigenvalue weighted by Crippen LogP contribution is -2.49. The topological polar surface area (TPSA) is 20.2 Å². The molecule has 2 aliphatic rings. The molecule has 1 aliphatic carbocycles. The van der Waals surface area contributed by atoms with Gasteiger partial charge in [-0.3, -0.25) is 4.90 Å². The molecule has 1 N–H and O–H groups in total. The predicted molar refractivity (Wildman–Crippen MR) is 102 cm³/mol. The number of para-hydroxylation sites is 1. The Morgan fingerprint density at radius 3 is 2.67 bits per heavy atom. The lowest BCUT2D eigenvalue weighted by molar-refractivity contribution is 0.131. The fourth-order valence-corrected chi connectivity index (χ4v) is 4.81. The molecular weight excluding hydrogens is 294 g/mol. The van der Waals surface area contributed by atoms with Crippen LogP contribution in [0.3, 0.4) is 0 Å². The first-order chi connectivity index (χ1) is 11.7. The quantitative estimate of drug-likeness (QED) is 0.914. The van der Waals surface area contributed by atoms with Crippen molar-refractivity contribution in [1.29, 1.82) is 0 Å². The van der Waals surface area contributed by atoms with Gasteiger partial charge in [-0.25, -0.2) is 0 Å². The van der Waals surface area contributed by atoms with Crippen molar-refractivity contribution in [3.05, 3.63) is 36.0 Å². The van der Waals surface area contributed by atoms with Crippen molar-refractivity contribution in [3.8, 4) is 0 Å². The summed E-state index contributed by atoms with van der Waals surface area (Å²) in [4.78, 5) is 2.74. The van der Waals surface area contributed by atoms with Crippen LogP contribution in [-0.2, 0) is 0 Å². The summed E-state index contributed by atoms with van der Waals surface area (Å²) in [5, 5.41) is 4.98. The highest BCUT2D eigenvalue weighted by atomic mass is 15.2. The maximum atomic E-state index is 3.49. The Morgan fingerprint density at radius 1 is 1.08 bits per heavy atom. The van der Waals surface area contributed by atoms with Crippen molar-refractivity contribution in [3.63, 3.8) is 0 Å². The molecule has 24 heavy (non-hydrogen) atoms. The maximum absolute atomic E-state index is 3.49. The Hall–Kier alpha value is -1.32. The van der Waals surface area contributed by atoms with Crippen molar-refractivity contribution < 1.29 is 0 Å². The van der Waals surface area contributed by atoms with Gasteiger partial charge in [0.05, 0.1) is 0 Å². The first kappa shape index (κ1) is 16.2. The van der Waals surface area contributed by atoms with E-state index in [1.165, 1.54) is 49.7 Å². The minimum Gasteiger partial charge on any atom is -0.345 e. The molecule has 1 saturated carbocycles. The van der Waals surface area contributed by atoms with E-state index in [1.54, 1.807) is 5.56 Å². The Kier molecular flexibility index (Phi) is 4.64. The molecule has 2 fully saturated rings. The van der Waals surface area contributed by atoms with Gasteiger partial charge in [-0.15, -0.1) is 0 Å². The monoisotopic (exact) mass is 325 g/mol. The van der Waals surface area contributed by atoms with Crippen molar-refractivity contribution in [2.45, 2.75) is 57.5 Å². The molecule has 1 saturated heterocycles.